The highest BCUT2D eigenvalue weighted by Crippen LogP contribution is 2.34. The number of hydrogen-bond donors (Lipinski definition) is 1. The number of carbonyl (C=O) groups excluding carboxylic acids is 1. The summed E-state index contributed by atoms with van der Waals surface area (Å²) in [6.45, 7) is 5.59. The van der Waals surface area contributed by atoms with Crippen molar-refractivity contribution in [3.63, 3.8) is 0 Å². The maximum Gasteiger partial charge on any atom is 0.407 e. The molecule has 0 spiro atoms. The summed E-state index contributed by atoms with van der Waals surface area (Å²) >= 11 is 0. The van der Waals surface area contributed by atoms with E-state index in [1.807, 2.05) is 20.8 Å². The molecule has 86 valence electrons. The number of alkyl carbamates (subject to hydrolysis) is 1. The van der Waals surface area contributed by atoms with Gasteiger partial charge in [-0.15, -0.1) is 0 Å². The summed E-state index contributed by atoms with van der Waals surface area (Å²) in [6, 6.07) is 0.151. The molecule has 4 heteroatoms. The molecule has 0 radical (unpaired) electrons. The highest BCUT2D eigenvalue weighted by molar-refractivity contribution is 5.68. The third-order valence-electron chi connectivity index (χ3n) is 2.81. The molecular weight excluding hydrogens is 194 g/mol. The maximum atomic E-state index is 11.5. The van der Waals surface area contributed by atoms with Crippen LogP contribution in [0, 0.1) is 0 Å². The first-order valence-corrected chi connectivity index (χ1v) is 5.59. The second-order valence-electron chi connectivity index (χ2n) is 5.36. The van der Waals surface area contributed by atoms with E-state index in [-0.39, 0.29) is 18.2 Å². The number of fused-ring (bicyclic) bond motifs is 2. The van der Waals surface area contributed by atoms with Crippen LogP contribution in [0.5, 0.6) is 0 Å². The highest BCUT2D eigenvalue weighted by Gasteiger charge is 2.41. The average molecular weight is 213 g/mol. The van der Waals surface area contributed by atoms with Gasteiger partial charge in [0.1, 0.15) is 5.60 Å². The van der Waals surface area contributed by atoms with Gasteiger partial charge in [0.25, 0.3) is 0 Å². The van der Waals surface area contributed by atoms with Crippen molar-refractivity contribution in [2.75, 3.05) is 0 Å². The second-order valence-corrected chi connectivity index (χ2v) is 5.36. The van der Waals surface area contributed by atoms with Gasteiger partial charge in [0.2, 0.25) is 0 Å². The van der Waals surface area contributed by atoms with Gasteiger partial charge < -0.3 is 14.8 Å². The van der Waals surface area contributed by atoms with Crippen LogP contribution in [0.15, 0.2) is 0 Å². The molecule has 0 aromatic carbocycles. The summed E-state index contributed by atoms with van der Waals surface area (Å²) in [4.78, 5) is 11.5. The average Bonchev–Trinajstić information content (AvgIpc) is 2.60. The zero-order valence-electron chi connectivity index (χ0n) is 9.58. The summed E-state index contributed by atoms with van der Waals surface area (Å²) < 4.78 is 10.8. The third-order valence-corrected chi connectivity index (χ3v) is 2.81. The molecule has 2 rings (SSSR count). The molecule has 3 atom stereocenters. The molecule has 0 saturated carbocycles. The maximum absolute atomic E-state index is 11.5. The monoisotopic (exact) mass is 213 g/mol. The van der Waals surface area contributed by atoms with Crippen molar-refractivity contribution >= 4 is 6.09 Å². The lowest BCUT2D eigenvalue weighted by atomic mass is 9.96. The van der Waals surface area contributed by atoms with Crippen LogP contribution in [0.25, 0.3) is 0 Å². The first-order valence-electron chi connectivity index (χ1n) is 5.59. The lowest BCUT2D eigenvalue weighted by molar-refractivity contribution is 0.0461. The predicted molar refractivity (Wildman–Crippen MR) is 55.7 cm³/mol. The van der Waals surface area contributed by atoms with E-state index < -0.39 is 5.60 Å². The van der Waals surface area contributed by atoms with Gasteiger partial charge in [-0.25, -0.2) is 4.79 Å². The van der Waals surface area contributed by atoms with Gasteiger partial charge in [-0.1, -0.05) is 0 Å². The fourth-order valence-corrected chi connectivity index (χ4v) is 2.25. The van der Waals surface area contributed by atoms with E-state index in [0.717, 1.165) is 19.3 Å². The molecule has 2 heterocycles. The number of carbonyl (C=O) groups is 1. The molecule has 0 aliphatic carbocycles. The van der Waals surface area contributed by atoms with Crippen LogP contribution in [-0.4, -0.2) is 29.9 Å². The van der Waals surface area contributed by atoms with Crippen LogP contribution in [0.1, 0.15) is 40.0 Å². The van der Waals surface area contributed by atoms with E-state index in [0.29, 0.717) is 6.10 Å². The fourth-order valence-electron chi connectivity index (χ4n) is 2.25. The largest absolute Gasteiger partial charge is 0.444 e. The van der Waals surface area contributed by atoms with Crippen LogP contribution in [0.3, 0.4) is 0 Å². The van der Waals surface area contributed by atoms with Crippen LogP contribution in [0.2, 0.25) is 0 Å². The van der Waals surface area contributed by atoms with Gasteiger partial charge in [-0.05, 0) is 40.0 Å². The van der Waals surface area contributed by atoms with Gasteiger partial charge in [-0.2, -0.15) is 0 Å². The lowest BCUT2D eigenvalue weighted by Gasteiger charge is -2.24. The molecule has 0 aromatic heterocycles. The van der Waals surface area contributed by atoms with Crippen molar-refractivity contribution in [1.82, 2.24) is 5.32 Å². The Labute approximate surface area is 90.3 Å². The Morgan fingerprint density at radius 2 is 2.13 bits per heavy atom. The van der Waals surface area contributed by atoms with Gasteiger partial charge in [0.15, 0.2) is 0 Å². The standard InChI is InChI=1S/C11H19NO3/c1-11(2,3)15-10(13)12-8-6-7-4-5-9(8)14-7/h7-9H,4-6H2,1-3H3,(H,12,13)/t7-,8-,9-/m1/s1. The third kappa shape index (κ3) is 2.62. The van der Waals surface area contributed by atoms with Gasteiger partial charge in [0, 0.05) is 0 Å². The highest BCUT2D eigenvalue weighted by atomic mass is 16.6. The molecule has 2 aliphatic heterocycles. The minimum Gasteiger partial charge on any atom is -0.444 e. The molecule has 0 aromatic rings. The molecule has 4 nitrogen and oxygen atoms in total. The molecule has 1 N–H and O–H groups in total. The minimum absolute atomic E-state index is 0.151. The van der Waals surface area contributed by atoms with E-state index >= 15 is 0 Å². The van der Waals surface area contributed by atoms with Crippen molar-refractivity contribution in [3.8, 4) is 0 Å². The van der Waals surface area contributed by atoms with Crippen LogP contribution >= 0.6 is 0 Å². The zero-order chi connectivity index (χ0) is 11.1. The van der Waals surface area contributed by atoms with E-state index in [2.05, 4.69) is 5.32 Å². The van der Waals surface area contributed by atoms with Crippen molar-refractivity contribution in [1.29, 1.82) is 0 Å². The fraction of sp³-hybridized carbons (Fsp3) is 0.909. The van der Waals surface area contributed by atoms with Gasteiger partial charge in [-0.3, -0.25) is 0 Å². The Hall–Kier alpha value is -0.770. The molecule has 1 amide bonds. The molecule has 2 saturated heterocycles. The summed E-state index contributed by atoms with van der Waals surface area (Å²) in [6.07, 6.45) is 3.37. The van der Waals surface area contributed by atoms with E-state index in [1.54, 1.807) is 0 Å². The van der Waals surface area contributed by atoms with Crippen LogP contribution in [-0.2, 0) is 9.47 Å². The lowest BCUT2D eigenvalue weighted by Crippen LogP contribution is -2.43. The van der Waals surface area contributed by atoms with Gasteiger partial charge in [0.05, 0.1) is 18.2 Å². The van der Waals surface area contributed by atoms with Crippen LogP contribution < -0.4 is 5.32 Å². The number of rotatable bonds is 1. The number of nitrogens with one attached hydrogen (secondary N) is 1. The number of hydrogen-bond acceptors (Lipinski definition) is 3. The van der Waals surface area contributed by atoms with Crippen molar-refractivity contribution in [2.45, 2.75) is 63.9 Å². The van der Waals surface area contributed by atoms with E-state index in [1.165, 1.54) is 0 Å². The van der Waals surface area contributed by atoms with Crippen molar-refractivity contribution in [3.05, 3.63) is 0 Å². The number of ether oxygens (including phenoxy) is 2. The summed E-state index contributed by atoms with van der Waals surface area (Å²) in [5.74, 6) is 0. The van der Waals surface area contributed by atoms with Crippen molar-refractivity contribution in [2.24, 2.45) is 0 Å². The van der Waals surface area contributed by atoms with E-state index in [9.17, 15) is 4.79 Å². The summed E-state index contributed by atoms with van der Waals surface area (Å²) in [7, 11) is 0. The predicted octanol–water partition coefficient (Wildman–Crippen LogP) is 1.83. The molecule has 2 bridgehead atoms. The second kappa shape index (κ2) is 3.67. The Bertz CT molecular complexity index is 259. The molecule has 0 unspecified atom stereocenters. The quantitative estimate of drug-likeness (QED) is 0.723. The summed E-state index contributed by atoms with van der Waals surface area (Å²) in [5.41, 5.74) is -0.428. The van der Waals surface area contributed by atoms with Crippen molar-refractivity contribution < 1.29 is 14.3 Å². The first kappa shape index (κ1) is 10.7. The number of amides is 1. The Kier molecular flexibility index (Phi) is 2.63. The summed E-state index contributed by atoms with van der Waals surface area (Å²) in [5, 5.41) is 2.88. The minimum atomic E-state index is -0.428. The normalized spacial score (nSPS) is 34.2. The topological polar surface area (TPSA) is 47.6 Å². The van der Waals surface area contributed by atoms with Gasteiger partial charge >= 0.3 is 6.09 Å². The molecule has 15 heavy (non-hydrogen) atoms. The first-order chi connectivity index (χ1) is 6.94. The Morgan fingerprint density at radius 1 is 1.40 bits per heavy atom. The smallest absolute Gasteiger partial charge is 0.407 e. The molecular formula is C11H19NO3. The van der Waals surface area contributed by atoms with Crippen LogP contribution in [0.4, 0.5) is 4.79 Å². The molecule has 2 fully saturated rings. The zero-order valence-corrected chi connectivity index (χ0v) is 9.58. The SMILES string of the molecule is CC(C)(C)OC(=O)N[C@@H]1C[C@H]2CC[C@H]1O2. The Balaban J connectivity index is 1.80. The van der Waals surface area contributed by atoms with E-state index in [4.69, 9.17) is 9.47 Å². The molecule has 2 aliphatic rings. The Morgan fingerprint density at radius 3 is 2.60 bits per heavy atom.